The Morgan fingerprint density at radius 2 is 1.22 bits per heavy atom. The highest BCUT2D eigenvalue weighted by molar-refractivity contribution is 6.27. The highest BCUT2D eigenvalue weighted by atomic mass is 16.1. The zero-order valence-corrected chi connectivity index (χ0v) is 21.2. The van der Waals surface area contributed by atoms with Crippen LogP contribution in [0.5, 0.6) is 0 Å². The van der Waals surface area contributed by atoms with Gasteiger partial charge in [0.2, 0.25) is 0 Å². The lowest BCUT2D eigenvalue weighted by molar-refractivity contribution is 1.13. The summed E-state index contributed by atoms with van der Waals surface area (Å²) in [4.78, 5) is 36.9. The fourth-order valence-corrected chi connectivity index (χ4v) is 5.43. The normalized spacial score (nSPS) is 12.8. The van der Waals surface area contributed by atoms with Crippen molar-refractivity contribution in [3.05, 3.63) is 92.8 Å². The van der Waals surface area contributed by atoms with Gasteiger partial charge in [-0.3, -0.25) is 18.4 Å². The van der Waals surface area contributed by atoms with Crippen LogP contribution in [0.15, 0.2) is 70.3 Å². The number of benzene rings is 3. The van der Waals surface area contributed by atoms with Crippen LogP contribution in [0.2, 0.25) is 0 Å². The quantitative estimate of drug-likeness (QED) is 0.224. The third-order valence-electron chi connectivity index (χ3n) is 6.84. The molecule has 37 heavy (non-hydrogen) atoms. The summed E-state index contributed by atoms with van der Waals surface area (Å²) in [6.45, 7) is 8.00. The minimum atomic E-state index is -0.127. The number of para-hydroxylation sites is 2. The molecule has 4 heterocycles. The minimum Gasteiger partial charge on any atom is -0.268 e. The third kappa shape index (κ3) is 2.93. The van der Waals surface area contributed by atoms with E-state index in [2.05, 4.69) is 0 Å². The van der Waals surface area contributed by atoms with Crippen LogP contribution in [-0.2, 0) is 0 Å². The summed E-state index contributed by atoms with van der Waals surface area (Å²) >= 11 is 0. The van der Waals surface area contributed by atoms with Gasteiger partial charge in [-0.1, -0.05) is 52.0 Å². The number of hydrogen-bond acceptors (Lipinski definition) is 4. The summed E-state index contributed by atoms with van der Waals surface area (Å²) in [5.74, 6) is 0. The van der Waals surface area contributed by atoms with Gasteiger partial charge >= 0.3 is 0 Å². The first-order chi connectivity index (χ1) is 18.2. The zero-order chi connectivity index (χ0) is 25.8. The summed E-state index contributed by atoms with van der Waals surface area (Å²) in [6.07, 6.45) is 8.80. The summed E-state index contributed by atoms with van der Waals surface area (Å²) in [5, 5.41) is 4.43. The Bertz CT molecular complexity index is 2150. The smallest absolute Gasteiger partial charge is 0.264 e. The van der Waals surface area contributed by atoms with Gasteiger partial charge in [0.1, 0.15) is 11.3 Å². The van der Waals surface area contributed by atoms with E-state index in [0.717, 1.165) is 50.4 Å². The largest absolute Gasteiger partial charge is 0.268 e. The number of imidazole rings is 2. The van der Waals surface area contributed by atoms with Crippen molar-refractivity contribution in [3.8, 4) is 0 Å². The predicted octanol–water partition coefficient (Wildman–Crippen LogP) is 6.67. The maximum Gasteiger partial charge on any atom is 0.264 e. The molecule has 0 spiro atoms. The van der Waals surface area contributed by atoms with Crippen molar-refractivity contribution >= 4 is 66.8 Å². The molecule has 4 aromatic heterocycles. The molecule has 0 unspecified atom stereocenters. The SMILES string of the molecule is CC.CC.O=c1c2ccc3c(=O)n4c5ccccc5nc4c4ccc(c2c34)c2nc3c(n12)C=CCC=C3. The van der Waals surface area contributed by atoms with E-state index < -0.39 is 0 Å². The molecule has 8 rings (SSSR count). The number of fused-ring (bicyclic) bond motifs is 8. The van der Waals surface area contributed by atoms with Crippen LogP contribution in [0.1, 0.15) is 45.5 Å². The molecule has 0 radical (unpaired) electrons. The highest BCUT2D eigenvalue weighted by Gasteiger charge is 2.23. The molecule has 0 bridgehead atoms. The minimum absolute atomic E-state index is 0.124. The van der Waals surface area contributed by atoms with E-state index in [0.29, 0.717) is 22.1 Å². The van der Waals surface area contributed by atoms with Gasteiger partial charge in [0.25, 0.3) is 11.1 Å². The van der Waals surface area contributed by atoms with Gasteiger partial charge in [0, 0.05) is 32.3 Å². The molecule has 1 aliphatic carbocycles. The zero-order valence-electron chi connectivity index (χ0n) is 21.2. The third-order valence-corrected chi connectivity index (χ3v) is 6.84. The molecule has 0 aliphatic heterocycles. The molecule has 0 N–H and O–H groups in total. The number of allylic oxidation sites excluding steroid dienone is 2. The first-order valence-electron chi connectivity index (χ1n) is 12.9. The van der Waals surface area contributed by atoms with Crippen molar-refractivity contribution < 1.29 is 0 Å². The average molecular weight is 487 g/mol. The molecule has 0 atom stereocenters. The lowest BCUT2D eigenvalue weighted by atomic mass is 9.96. The maximum absolute atomic E-state index is 13.7. The van der Waals surface area contributed by atoms with E-state index in [4.69, 9.17) is 9.97 Å². The Kier molecular flexibility index (Phi) is 5.26. The molecule has 0 saturated heterocycles. The standard InChI is InChI=1S/C27H14N4O2.2C2H6/c32-26-16-12-13-17-23-15(25-29-19-7-4-5-9-21(19)31(25)27(17)33)11-10-14(22(16)23)24-28-18-6-2-1-3-8-20(18)30(24)26;2*1-2/h2-13H,1H2;2*1-2H3. The highest BCUT2D eigenvalue weighted by Crippen LogP contribution is 2.36. The fourth-order valence-electron chi connectivity index (χ4n) is 5.43. The van der Waals surface area contributed by atoms with Gasteiger partial charge in [-0.25, -0.2) is 9.97 Å². The lowest BCUT2D eigenvalue weighted by Gasteiger charge is -2.12. The van der Waals surface area contributed by atoms with E-state index in [1.165, 1.54) is 0 Å². The van der Waals surface area contributed by atoms with Crippen molar-refractivity contribution in [2.24, 2.45) is 0 Å². The van der Waals surface area contributed by atoms with Crippen molar-refractivity contribution in [1.29, 1.82) is 0 Å². The summed E-state index contributed by atoms with van der Waals surface area (Å²) in [5.41, 5.74) is 4.10. The van der Waals surface area contributed by atoms with E-state index in [-0.39, 0.29) is 11.1 Å². The number of pyridine rings is 2. The van der Waals surface area contributed by atoms with Crippen LogP contribution < -0.4 is 11.1 Å². The van der Waals surface area contributed by atoms with Crippen LogP contribution in [0, 0.1) is 0 Å². The lowest BCUT2D eigenvalue weighted by Crippen LogP contribution is -2.17. The first-order valence-corrected chi connectivity index (χ1v) is 12.9. The maximum atomic E-state index is 13.7. The van der Waals surface area contributed by atoms with Crippen LogP contribution in [0.3, 0.4) is 0 Å². The Balaban J connectivity index is 0.000000603. The van der Waals surface area contributed by atoms with Gasteiger partial charge in [-0.2, -0.15) is 0 Å². The second-order valence-corrected chi connectivity index (χ2v) is 8.52. The van der Waals surface area contributed by atoms with E-state index in [9.17, 15) is 9.59 Å². The number of nitrogens with zero attached hydrogens (tertiary/aromatic N) is 4. The summed E-state index contributed by atoms with van der Waals surface area (Å²) in [6, 6.07) is 15.2. The Morgan fingerprint density at radius 1 is 0.649 bits per heavy atom. The number of hydrogen-bond donors (Lipinski definition) is 0. The summed E-state index contributed by atoms with van der Waals surface area (Å²) in [7, 11) is 0. The van der Waals surface area contributed by atoms with E-state index >= 15 is 0 Å². The topological polar surface area (TPSA) is 68.7 Å². The molecule has 7 aromatic rings. The fraction of sp³-hybridized carbons (Fsp3) is 0.161. The second-order valence-electron chi connectivity index (χ2n) is 8.52. The molecule has 1 aliphatic rings. The Labute approximate surface area is 212 Å². The molecule has 6 nitrogen and oxygen atoms in total. The van der Waals surface area contributed by atoms with Gasteiger partial charge in [-0.15, -0.1) is 0 Å². The van der Waals surface area contributed by atoms with Crippen LogP contribution in [0.25, 0.3) is 66.8 Å². The van der Waals surface area contributed by atoms with Crippen molar-refractivity contribution in [1.82, 2.24) is 18.8 Å². The van der Waals surface area contributed by atoms with Crippen LogP contribution in [0.4, 0.5) is 0 Å². The molecule has 0 saturated carbocycles. The summed E-state index contributed by atoms with van der Waals surface area (Å²) < 4.78 is 3.37. The van der Waals surface area contributed by atoms with Gasteiger partial charge in [0.05, 0.1) is 22.4 Å². The van der Waals surface area contributed by atoms with E-state index in [1.54, 1.807) is 20.9 Å². The molecule has 0 amide bonds. The van der Waals surface area contributed by atoms with Gasteiger partial charge < -0.3 is 0 Å². The van der Waals surface area contributed by atoms with Crippen molar-refractivity contribution in [2.45, 2.75) is 34.1 Å². The molecular weight excluding hydrogens is 460 g/mol. The monoisotopic (exact) mass is 486 g/mol. The van der Waals surface area contributed by atoms with Crippen molar-refractivity contribution in [3.63, 3.8) is 0 Å². The van der Waals surface area contributed by atoms with Crippen LogP contribution in [-0.4, -0.2) is 18.8 Å². The van der Waals surface area contributed by atoms with Gasteiger partial charge in [-0.05, 0) is 55.0 Å². The van der Waals surface area contributed by atoms with Crippen LogP contribution >= 0.6 is 0 Å². The Hall–Kier alpha value is -4.58. The Morgan fingerprint density at radius 3 is 1.92 bits per heavy atom. The number of aromatic nitrogens is 4. The molecule has 0 fully saturated rings. The van der Waals surface area contributed by atoms with Gasteiger partial charge in [0.15, 0.2) is 0 Å². The molecule has 182 valence electrons. The average Bonchev–Trinajstić information content (AvgIpc) is 3.44. The number of rotatable bonds is 0. The van der Waals surface area contributed by atoms with Crippen molar-refractivity contribution in [2.75, 3.05) is 0 Å². The van der Waals surface area contributed by atoms with E-state index in [1.807, 2.05) is 88.4 Å². The first kappa shape index (κ1) is 22.9. The molecule has 6 heteroatoms. The predicted molar refractivity (Wildman–Crippen MR) is 154 cm³/mol. The molecule has 3 aromatic carbocycles. The second kappa shape index (κ2) is 8.52. The molecular formula is C31H26N4O2.